The number of halogens is 2. The average molecular weight is 389 g/mol. The van der Waals surface area contributed by atoms with Crippen LogP contribution in [0.4, 0.5) is 4.39 Å². The van der Waals surface area contributed by atoms with Gasteiger partial charge >= 0.3 is 0 Å². The first-order valence-electron chi connectivity index (χ1n) is 8.89. The molecule has 0 bridgehead atoms. The van der Waals surface area contributed by atoms with E-state index >= 15 is 0 Å². The minimum atomic E-state index is -0.477. The molecule has 0 aromatic heterocycles. The molecule has 0 radical (unpaired) electrons. The molecular weight excluding hydrogens is 367 g/mol. The molecule has 1 heterocycles. The largest absolute Gasteiger partial charge is 0.379 e. The van der Waals surface area contributed by atoms with Crippen LogP contribution >= 0.6 is 11.6 Å². The van der Waals surface area contributed by atoms with Crippen molar-refractivity contribution in [1.29, 1.82) is 0 Å². The van der Waals surface area contributed by atoms with Crippen molar-refractivity contribution in [3.05, 3.63) is 76.1 Å². The number of carbonyl (C=O) groups excluding carboxylic acids is 1. The third-order valence-corrected chi connectivity index (χ3v) is 4.73. The molecule has 0 saturated carbocycles. The predicted molar refractivity (Wildman–Crippen MR) is 105 cm³/mol. The summed E-state index contributed by atoms with van der Waals surface area (Å²) >= 11 is 5.75. The maximum Gasteiger partial charge on any atom is 0.244 e. The second kappa shape index (κ2) is 9.65. The van der Waals surface area contributed by atoms with Crippen LogP contribution < -0.4 is 5.32 Å². The van der Waals surface area contributed by atoms with Crippen molar-refractivity contribution in [3.8, 4) is 0 Å². The van der Waals surface area contributed by atoms with Crippen LogP contribution in [0.15, 0.2) is 48.5 Å². The summed E-state index contributed by atoms with van der Waals surface area (Å²) in [6.45, 7) is 4.66. The normalized spacial score (nSPS) is 15.2. The fraction of sp³-hybridized carbons (Fsp3) is 0.286. The Kier molecular flexibility index (Phi) is 6.98. The maximum atomic E-state index is 13.2. The van der Waals surface area contributed by atoms with E-state index in [1.165, 1.54) is 23.8 Å². The van der Waals surface area contributed by atoms with Crippen LogP contribution in [0.5, 0.6) is 0 Å². The van der Waals surface area contributed by atoms with Gasteiger partial charge in [-0.25, -0.2) is 4.39 Å². The number of morpholine rings is 1. The predicted octanol–water partition coefficient (Wildman–Crippen LogP) is 3.64. The summed E-state index contributed by atoms with van der Waals surface area (Å²) in [5.74, 6) is -0.688. The van der Waals surface area contributed by atoms with Crippen LogP contribution in [0.25, 0.3) is 6.08 Å². The summed E-state index contributed by atoms with van der Waals surface area (Å²) in [6.07, 6.45) is 3.04. The number of ether oxygens (including phenoxy) is 1. The summed E-state index contributed by atoms with van der Waals surface area (Å²) in [5.41, 5.74) is 2.97. The van der Waals surface area contributed by atoms with E-state index < -0.39 is 5.82 Å². The van der Waals surface area contributed by atoms with Gasteiger partial charge in [-0.15, -0.1) is 0 Å². The van der Waals surface area contributed by atoms with E-state index in [9.17, 15) is 9.18 Å². The Hall–Kier alpha value is -2.21. The lowest BCUT2D eigenvalue weighted by molar-refractivity contribution is -0.116. The summed E-state index contributed by atoms with van der Waals surface area (Å²) in [4.78, 5) is 14.5. The zero-order valence-electron chi connectivity index (χ0n) is 15.0. The lowest BCUT2D eigenvalue weighted by Crippen LogP contribution is -2.36. The topological polar surface area (TPSA) is 41.6 Å². The molecule has 27 heavy (non-hydrogen) atoms. The SMILES string of the molecule is O=C(/C=C/c1ccc(F)c(Cl)c1)NCc1ccccc1CN1CCOCC1. The number of hydrogen-bond donors (Lipinski definition) is 1. The fourth-order valence-corrected chi connectivity index (χ4v) is 3.10. The molecule has 1 aliphatic heterocycles. The third-order valence-electron chi connectivity index (χ3n) is 4.44. The van der Waals surface area contributed by atoms with Crippen LogP contribution in [0.3, 0.4) is 0 Å². The van der Waals surface area contributed by atoms with E-state index in [1.54, 1.807) is 12.1 Å². The van der Waals surface area contributed by atoms with Gasteiger partial charge in [0.25, 0.3) is 0 Å². The highest BCUT2D eigenvalue weighted by Gasteiger charge is 2.12. The van der Waals surface area contributed by atoms with E-state index in [1.807, 2.05) is 18.2 Å². The van der Waals surface area contributed by atoms with Crippen molar-refractivity contribution in [2.45, 2.75) is 13.1 Å². The summed E-state index contributed by atoms with van der Waals surface area (Å²) in [6, 6.07) is 12.4. The van der Waals surface area contributed by atoms with Crippen LogP contribution in [0.2, 0.25) is 5.02 Å². The highest BCUT2D eigenvalue weighted by Crippen LogP contribution is 2.17. The lowest BCUT2D eigenvalue weighted by Gasteiger charge is -2.27. The second-order valence-electron chi connectivity index (χ2n) is 6.38. The molecule has 1 aliphatic rings. The Morgan fingerprint density at radius 3 is 2.67 bits per heavy atom. The number of nitrogens with zero attached hydrogens (tertiary/aromatic N) is 1. The number of nitrogens with one attached hydrogen (secondary N) is 1. The molecule has 4 nitrogen and oxygen atoms in total. The molecule has 0 unspecified atom stereocenters. The third kappa shape index (κ3) is 5.89. The number of rotatable bonds is 6. The highest BCUT2D eigenvalue weighted by atomic mass is 35.5. The molecule has 1 saturated heterocycles. The summed E-state index contributed by atoms with van der Waals surface area (Å²) in [7, 11) is 0. The lowest BCUT2D eigenvalue weighted by atomic mass is 10.1. The van der Waals surface area contributed by atoms with E-state index in [0.29, 0.717) is 12.1 Å². The molecule has 0 spiro atoms. The molecule has 3 rings (SSSR count). The minimum Gasteiger partial charge on any atom is -0.379 e. The number of carbonyl (C=O) groups is 1. The van der Waals surface area contributed by atoms with Crippen LogP contribution in [-0.4, -0.2) is 37.1 Å². The Labute approximate surface area is 163 Å². The number of hydrogen-bond acceptors (Lipinski definition) is 3. The number of amides is 1. The Morgan fingerprint density at radius 1 is 1.19 bits per heavy atom. The van der Waals surface area contributed by atoms with Crippen molar-refractivity contribution < 1.29 is 13.9 Å². The first-order valence-corrected chi connectivity index (χ1v) is 9.27. The fourth-order valence-electron chi connectivity index (χ4n) is 2.91. The van der Waals surface area contributed by atoms with Gasteiger partial charge in [0.15, 0.2) is 0 Å². The highest BCUT2D eigenvalue weighted by molar-refractivity contribution is 6.30. The Morgan fingerprint density at radius 2 is 1.93 bits per heavy atom. The zero-order chi connectivity index (χ0) is 19.1. The van der Waals surface area contributed by atoms with Gasteiger partial charge in [-0.3, -0.25) is 9.69 Å². The molecule has 6 heteroatoms. The van der Waals surface area contributed by atoms with E-state index in [-0.39, 0.29) is 10.9 Å². The van der Waals surface area contributed by atoms with Gasteiger partial charge in [0.2, 0.25) is 5.91 Å². The minimum absolute atomic E-state index is 0.0367. The molecule has 2 aromatic carbocycles. The van der Waals surface area contributed by atoms with Crippen molar-refractivity contribution in [2.75, 3.05) is 26.3 Å². The summed E-state index contributed by atoms with van der Waals surface area (Å²) < 4.78 is 18.6. The first kappa shape index (κ1) is 19.5. The Balaban J connectivity index is 1.56. The monoisotopic (exact) mass is 388 g/mol. The molecule has 142 valence electrons. The van der Waals surface area contributed by atoms with Crippen molar-refractivity contribution >= 4 is 23.6 Å². The van der Waals surface area contributed by atoms with Gasteiger partial charge in [0, 0.05) is 32.3 Å². The maximum absolute atomic E-state index is 13.2. The van der Waals surface area contributed by atoms with Crippen molar-refractivity contribution in [1.82, 2.24) is 10.2 Å². The molecule has 1 N–H and O–H groups in total. The van der Waals surface area contributed by atoms with E-state index in [0.717, 1.165) is 38.4 Å². The van der Waals surface area contributed by atoms with Gasteiger partial charge in [-0.05, 0) is 34.9 Å². The quantitative estimate of drug-likeness (QED) is 0.768. The molecular formula is C21H22ClFN2O2. The van der Waals surface area contributed by atoms with Gasteiger partial charge in [0.05, 0.1) is 18.2 Å². The van der Waals surface area contributed by atoms with E-state index in [4.69, 9.17) is 16.3 Å². The van der Waals surface area contributed by atoms with Gasteiger partial charge in [-0.2, -0.15) is 0 Å². The van der Waals surface area contributed by atoms with Gasteiger partial charge < -0.3 is 10.1 Å². The molecule has 0 atom stereocenters. The van der Waals surface area contributed by atoms with Gasteiger partial charge in [0.1, 0.15) is 5.82 Å². The molecule has 1 fully saturated rings. The molecule has 0 aliphatic carbocycles. The first-order chi connectivity index (χ1) is 13.1. The number of benzene rings is 2. The van der Waals surface area contributed by atoms with Gasteiger partial charge in [-0.1, -0.05) is 41.9 Å². The van der Waals surface area contributed by atoms with Crippen molar-refractivity contribution in [3.63, 3.8) is 0 Å². The summed E-state index contributed by atoms with van der Waals surface area (Å²) in [5, 5.41) is 2.93. The van der Waals surface area contributed by atoms with Crippen LogP contribution in [0.1, 0.15) is 16.7 Å². The Bertz CT molecular complexity index is 820. The zero-order valence-corrected chi connectivity index (χ0v) is 15.7. The smallest absolute Gasteiger partial charge is 0.244 e. The van der Waals surface area contributed by atoms with Crippen LogP contribution in [-0.2, 0) is 22.6 Å². The average Bonchev–Trinajstić information content (AvgIpc) is 2.69. The second-order valence-corrected chi connectivity index (χ2v) is 6.79. The van der Waals surface area contributed by atoms with Crippen molar-refractivity contribution in [2.24, 2.45) is 0 Å². The van der Waals surface area contributed by atoms with Crippen LogP contribution in [0, 0.1) is 5.82 Å². The standard InChI is InChI=1S/C21H22ClFN2O2/c22-19-13-16(5-7-20(19)23)6-8-21(26)24-14-17-3-1-2-4-18(17)15-25-9-11-27-12-10-25/h1-8,13H,9-12,14-15H2,(H,24,26)/b8-6+. The molecule has 1 amide bonds. The molecule has 2 aromatic rings. The van der Waals surface area contributed by atoms with E-state index in [2.05, 4.69) is 16.3 Å².